The predicted molar refractivity (Wildman–Crippen MR) is 102 cm³/mol. The standard InChI is InChI=1S/C19H23FN2O5S/c1-26-12-11-21-19(23)13-18(14-3-7-16(27-2)8-4-14)22-28(24,25)17-9-5-15(20)6-10-17/h3-10,18,22H,11-13H2,1-2H3,(H,21,23). The molecular weight excluding hydrogens is 387 g/mol. The monoisotopic (exact) mass is 410 g/mol. The molecule has 1 unspecified atom stereocenters. The minimum Gasteiger partial charge on any atom is -0.497 e. The maximum Gasteiger partial charge on any atom is 0.241 e. The van der Waals surface area contributed by atoms with E-state index in [2.05, 4.69) is 10.0 Å². The van der Waals surface area contributed by atoms with Gasteiger partial charge in [0.25, 0.3) is 0 Å². The highest BCUT2D eigenvalue weighted by Crippen LogP contribution is 2.23. The molecule has 1 atom stereocenters. The van der Waals surface area contributed by atoms with Crippen molar-refractivity contribution in [1.82, 2.24) is 10.0 Å². The van der Waals surface area contributed by atoms with Crippen LogP contribution >= 0.6 is 0 Å². The van der Waals surface area contributed by atoms with E-state index in [0.29, 0.717) is 24.5 Å². The molecule has 2 aromatic rings. The van der Waals surface area contributed by atoms with E-state index in [-0.39, 0.29) is 17.2 Å². The average molecular weight is 410 g/mol. The summed E-state index contributed by atoms with van der Waals surface area (Å²) in [6.07, 6.45) is -0.115. The highest BCUT2D eigenvalue weighted by atomic mass is 32.2. The fourth-order valence-corrected chi connectivity index (χ4v) is 3.71. The Balaban J connectivity index is 2.23. The summed E-state index contributed by atoms with van der Waals surface area (Å²) in [7, 11) is -0.926. The number of hydrogen-bond acceptors (Lipinski definition) is 5. The molecule has 0 saturated carbocycles. The molecule has 152 valence electrons. The number of ether oxygens (including phenoxy) is 2. The molecule has 28 heavy (non-hydrogen) atoms. The summed E-state index contributed by atoms with van der Waals surface area (Å²) < 4.78 is 51.0. The van der Waals surface area contributed by atoms with Gasteiger partial charge < -0.3 is 14.8 Å². The zero-order valence-corrected chi connectivity index (χ0v) is 16.5. The van der Waals surface area contributed by atoms with Crippen LogP contribution in [-0.4, -0.2) is 41.7 Å². The number of methoxy groups -OCH3 is 2. The van der Waals surface area contributed by atoms with E-state index in [0.717, 1.165) is 12.1 Å². The van der Waals surface area contributed by atoms with Crippen molar-refractivity contribution in [3.8, 4) is 5.75 Å². The molecule has 2 N–H and O–H groups in total. The van der Waals surface area contributed by atoms with Gasteiger partial charge in [0.05, 0.1) is 24.7 Å². The van der Waals surface area contributed by atoms with Crippen LogP contribution in [0.4, 0.5) is 4.39 Å². The summed E-state index contributed by atoms with van der Waals surface area (Å²) in [5.41, 5.74) is 0.591. The Morgan fingerprint density at radius 3 is 2.29 bits per heavy atom. The first-order chi connectivity index (χ1) is 13.4. The number of carbonyl (C=O) groups is 1. The third kappa shape index (κ3) is 6.29. The van der Waals surface area contributed by atoms with E-state index < -0.39 is 21.9 Å². The van der Waals surface area contributed by atoms with Gasteiger partial charge in [0.15, 0.2) is 0 Å². The van der Waals surface area contributed by atoms with Gasteiger partial charge in [0.1, 0.15) is 11.6 Å². The number of rotatable bonds is 10. The average Bonchev–Trinajstić information content (AvgIpc) is 2.68. The van der Waals surface area contributed by atoms with Crippen LogP contribution in [0.2, 0.25) is 0 Å². The van der Waals surface area contributed by atoms with Gasteiger partial charge in [-0.3, -0.25) is 4.79 Å². The SMILES string of the molecule is COCCNC(=O)CC(NS(=O)(=O)c1ccc(F)cc1)c1ccc(OC)cc1. The number of halogens is 1. The molecule has 0 saturated heterocycles. The maximum absolute atomic E-state index is 13.1. The first-order valence-corrected chi connectivity index (χ1v) is 10.0. The van der Waals surface area contributed by atoms with Gasteiger partial charge in [-0.25, -0.2) is 17.5 Å². The van der Waals surface area contributed by atoms with Gasteiger partial charge in [-0.1, -0.05) is 12.1 Å². The van der Waals surface area contributed by atoms with E-state index >= 15 is 0 Å². The topological polar surface area (TPSA) is 93.7 Å². The van der Waals surface area contributed by atoms with Crippen LogP contribution in [0.25, 0.3) is 0 Å². The molecule has 0 spiro atoms. The van der Waals surface area contributed by atoms with Crippen LogP contribution in [0, 0.1) is 5.82 Å². The number of hydrogen-bond donors (Lipinski definition) is 2. The van der Waals surface area contributed by atoms with Crippen molar-refractivity contribution < 1.29 is 27.1 Å². The predicted octanol–water partition coefficient (Wildman–Crippen LogP) is 2.01. The highest BCUT2D eigenvalue weighted by molar-refractivity contribution is 7.89. The number of carbonyl (C=O) groups excluding carboxylic acids is 1. The van der Waals surface area contributed by atoms with Crippen molar-refractivity contribution in [2.45, 2.75) is 17.4 Å². The smallest absolute Gasteiger partial charge is 0.241 e. The molecule has 2 aromatic carbocycles. The van der Waals surface area contributed by atoms with Gasteiger partial charge in [0.2, 0.25) is 15.9 Å². The van der Waals surface area contributed by atoms with Crippen molar-refractivity contribution in [2.24, 2.45) is 0 Å². The zero-order valence-electron chi connectivity index (χ0n) is 15.6. The first-order valence-electron chi connectivity index (χ1n) is 8.53. The van der Waals surface area contributed by atoms with Crippen LogP contribution in [0.15, 0.2) is 53.4 Å². The van der Waals surface area contributed by atoms with Crippen LogP contribution in [0.3, 0.4) is 0 Å². The van der Waals surface area contributed by atoms with Crippen LogP contribution in [-0.2, 0) is 19.6 Å². The Morgan fingerprint density at radius 2 is 1.71 bits per heavy atom. The second-order valence-electron chi connectivity index (χ2n) is 5.95. The lowest BCUT2D eigenvalue weighted by molar-refractivity contribution is -0.121. The molecular formula is C19H23FN2O5S. The second-order valence-corrected chi connectivity index (χ2v) is 7.66. The fraction of sp³-hybridized carbons (Fsp3) is 0.316. The Labute approximate surface area is 163 Å². The lowest BCUT2D eigenvalue weighted by Gasteiger charge is -2.19. The van der Waals surface area contributed by atoms with E-state index in [9.17, 15) is 17.6 Å². The van der Waals surface area contributed by atoms with E-state index in [1.165, 1.54) is 26.4 Å². The van der Waals surface area contributed by atoms with Crippen molar-refractivity contribution in [2.75, 3.05) is 27.4 Å². The Hall–Kier alpha value is -2.49. The Bertz CT molecular complexity index is 870. The highest BCUT2D eigenvalue weighted by Gasteiger charge is 2.24. The quantitative estimate of drug-likeness (QED) is 0.585. The van der Waals surface area contributed by atoms with Gasteiger partial charge in [0, 0.05) is 20.1 Å². The first kappa shape index (κ1) is 21.8. The number of sulfonamides is 1. The molecule has 2 rings (SSSR count). The molecule has 0 aliphatic rings. The van der Waals surface area contributed by atoms with Crippen LogP contribution in [0.5, 0.6) is 5.75 Å². The minimum absolute atomic E-state index is 0.0906. The number of amides is 1. The fourth-order valence-electron chi connectivity index (χ4n) is 2.48. The molecule has 9 heteroatoms. The summed E-state index contributed by atoms with van der Waals surface area (Å²) in [6, 6.07) is 10.4. The normalized spacial score (nSPS) is 12.4. The molecule has 1 amide bonds. The summed E-state index contributed by atoms with van der Waals surface area (Å²) in [5, 5.41) is 2.67. The third-order valence-electron chi connectivity index (χ3n) is 3.96. The van der Waals surface area contributed by atoms with Gasteiger partial charge in [-0.05, 0) is 42.0 Å². The van der Waals surface area contributed by atoms with Crippen LogP contribution in [0.1, 0.15) is 18.0 Å². The largest absolute Gasteiger partial charge is 0.497 e. The van der Waals surface area contributed by atoms with Crippen molar-refractivity contribution in [1.29, 1.82) is 0 Å². The van der Waals surface area contributed by atoms with Gasteiger partial charge in [-0.15, -0.1) is 0 Å². The molecule has 0 heterocycles. The van der Waals surface area contributed by atoms with E-state index in [1.54, 1.807) is 24.3 Å². The zero-order chi connectivity index (χ0) is 20.6. The number of benzene rings is 2. The lowest BCUT2D eigenvalue weighted by atomic mass is 10.0. The van der Waals surface area contributed by atoms with Crippen molar-refractivity contribution in [3.05, 3.63) is 59.9 Å². The molecule has 0 aromatic heterocycles. The maximum atomic E-state index is 13.1. The minimum atomic E-state index is -3.96. The molecule has 0 fully saturated rings. The number of nitrogens with one attached hydrogen (secondary N) is 2. The molecule has 0 aliphatic carbocycles. The summed E-state index contributed by atoms with van der Waals surface area (Å²) >= 11 is 0. The molecule has 7 nitrogen and oxygen atoms in total. The summed E-state index contributed by atoms with van der Waals surface area (Å²) in [4.78, 5) is 12.1. The van der Waals surface area contributed by atoms with Crippen LogP contribution < -0.4 is 14.8 Å². The van der Waals surface area contributed by atoms with E-state index in [1.807, 2.05) is 0 Å². The summed E-state index contributed by atoms with van der Waals surface area (Å²) in [6.45, 7) is 0.662. The molecule has 0 bridgehead atoms. The third-order valence-corrected chi connectivity index (χ3v) is 5.44. The second kappa shape index (κ2) is 10.2. The van der Waals surface area contributed by atoms with Crippen molar-refractivity contribution >= 4 is 15.9 Å². The lowest BCUT2D eigenvalue weighted by Crippen LogP contribution is -2.34. The molecule has 0 aliphatic heterocycles. The van der Waals surface area contributed by atoms with Crippen molar-refractivity contribution in [3.63, 3.8) is 0 Å². The summed E-state index contributed by atoms with van der Waals surface area (Å²) in [5.74, 6) is -0.267. The van der Waals surface area contributed by atoms with Gasteiger partial charge in [-0.2, -0.15) is 0 Å². The Morgan fingerprint density at radius 1 is 1.07 bits per heavy atom. The molecule has 0 radical (unpaired) electrons. The van der Waals surface area contributed by atoms with E-state index in [4.69, 9.17) is 9.47 Å². The Kier molecular flexibility index (Phi) is 7.91. The van der Waals surface area contributed by atoms with Gasteiger partial charge >= 0.3 is 0 Å².